The van der Waals surface area contributed by atoms with Crippen LogP contribution in [0.5, 0.6) is 0 Å². The zero-order valence-electron chi connectivity index (χ0n) is 18.4. The molecule has 1 fully saturated rings. The number of anilines is 3. The van der Waals surface area contributed by atoms with Crippen molar-refractivity contribution in [2.45, 2.75) is 20.3 Å². The first-order valence-corrected chi connectivity index (χ1v) is 12.6. The summed E-state index contributed by atoms with van der Waals surface area (Å²) in [5.74, 6) is -0.187. The van der Waals surface area contributed by atoms with Crippen molar-refractivity contribution < 1.29 is 13.2 Å². The Morgan fingerprint density at radius 1 is 1.03 bits per heavy atom. The Hall–Kier alpha value is -2.58. The molecule has 0 bridgehead atoms. The van der Waals surface area contributed by atoms with E-state index in [1.165, 1.54) is 16.2 Å². The van der Waals surface area contributed by atoms with E-state index in [0.717, 1.165) is 49.5 Å². The molecular weight excluding hydrogens is 412 g/mol. The fraction of sp³-hybridized carbons (Fsp3) is 0.435. The molecule has 0 unspecified atom stereocenters. The fourth-order valence-electron chi connectivity index (χ4n) is 4.36. The van der Waals surface area contributed by atoms with Crippen LogP contribution in [-0.2, 0) is 16.4 Å². The number of fused-ring (bicyclic) bond motifs is 1. The standard InChI is InChI=1S/C23H30N4O3S/c1-4-25-11-13-26(14-12-25)20-6-7-21(17(2)15-20)24-23(28)19-5-8-22-18(16-19)9-10-27(22)31(3,29)30/h5-8,15-16H,4,9-14H2,1-3H3,(H,24,28). The van der Waals surface area contributed by atoms with Crippen molar-refractivity contribution in [2.75, 3.05) is 60.0 Å². The molecule has 0 aromatic heterocycles. The number of carbonyl (C=O) groups excluding carboxylic acids is 1. The van der Waals surface area contributed by atoms with Gasteiger partial charge in [-0.15, -0.1) is 0 Å². The molecule has 1 N–H and O–H groups in total. The SMILES string of the molecule is CCN1CCN(c2ccc(NC(=O)c3ccc4c(c3)CCN4S(C)(=O)=O)c(C)c2)CC1. The van der Waals surface area contributed by atoms with E-state index in [-0.39, 0.29) is 5.91 Å². The van der Waals surface area contributed by atoms with Crippen LogP contribution < -0.4 is 14.5 Å². The number of hydrogen-bond donors (Lipinski definition) is 1. The maximum absolute atomic E-state index is 12.8. The van der Waals surface area contributed by atoms with Crippen LogP contribution in [0.25, 0.3) is 0 Å². The molecule has 31 heavy (non-hydrogen) atoms. The molecule has 0 saturated carbocycles. The average molecular weight is 443 g/mol. The van der Waals surface area contributed by atoms with Crippen molar-refractivity contribution in [1.29, 1.82) is 0 Å². The summed E-state index contributed by atoms with van der Waals surface area (Å²) < 4.78 is 25.2. The van der Waals surface area contributed by atoms with Crippen molar-refractivity contribution in [3.63, 3.8) is 0 Å². The van der Waals surface area contributed by atoms with Gasteiger partial charge >= 0.3 is 0 Å². The first-order valence-electron chi connectivity index (χ1n) is 10.8. The molecule has 2 aliphatic rings. The largest absolute Gasteiger partial charge is 0.369 e. The van der Waals surface area contributed by atoms with Crippen molar-refractivity contribution in [3.05, 3.63) is 53.1 Å². The first kappa shape index (κ1) is 21.6. The lowest BCUT2D eigenvalue weighted by Crippen LogP contribution is -2.46. The Balaban J connectivity index is 1.46. The summed E-state index contributed by atoms with van der Waals surface area (Å²) in [4.78, 5) is 17.7. The summed E-state index contributed by atoms with van der Waals surface area (Å²) in [6.45, 7) is 9.89. The van der Waals surface area contributed by atoms with Gasteiger partial charge in [0.25, 0.3) is 5.91 Å². The Bertz CT molecular complexity index is 1090. The molecule has 2 aromatic rings. The number of nitrogens with one attached hydrogen (secondary N) is 1. The summed E-state index contributed by atoms with van der Waals surface area (Å²) in [6, 6.07) is 11.4. The third-order valence-corrected chi connectivity index (χ3v) is 7.42. The minimum atomic E-state index is -3.30. The Labute approximate surface area is 184 Å². The third-order valence-electron chi connectivity index (χ3n) is 6.24. The van der Waals surface area contributed by atoms with E-state index in [0.29, 0.717) is 24.2 Å². The highest BCUT2D eigenvalue weighted by Crippen LogP contribution is 2.31. The highest BCUT2D eigenvalue weighted by molar-refractivity contribution is 7.92. The van der Waals surface area contributed by atoms with Crippen LogP contribution in [0.1, 0.15) is 28.4 Å². The van der Waals surface area contributed by atoms with E-state index in [1.807, 2.05) is 13.0 Å². The number of sulfonamides is 1. The number of rotatable bonds is 5. The van der Waals surface area contributed by atoms with Gasteiger partial charge in [-0.25, -0.2) is 8.42 Å². The molecule has 1 amide bonds. The van der Waals surface area contributed by atoms with Crippen LogP contribution >= 0.6 is 0 Å². The second-order valence-electron chi connectivity index (χ2n) is 8.30. The summed E-state index contributed by atoms with van der Waals surface area (Å²) in [7, 11) is -3.30. The molecule has 1 saturated heterocycles. The number of aryl methyl sites for hydroxylation is 1. The minimum Gasteiger partial charge on any atom is -0.369 e. The van der Waals surface area contributed by atoms with Crippen LogP contribution in [-0.4, -0.2) is 64.7 Å². The minimum absolute atomic E-state index is 0.187. The van der Waals surface area contributed by atoms with Gasteiger partial charge in [-0.1, -0.05) is 6.92 Å². The number of carbonyl (C=O) groups is 1. The molecule has 2 aliphatic heterocycles. The topological polar surface area (TPSA) is 73.0 Å². The first-order chi connectivity index (χ1) is 14.8. The van der Waals surface area contributed by atoms with Gasteiger partial charge in [-0.3, -0.25) is 9.10 Å². The summed E-state index contributed by atoms with van der Waals surface area (Å²) in [5, 5.41) is 3.01. The molecule has 2 aromatic carbocycles. The predicted molar refractivity (Wildman–Crippen MR) is 126 cm³/mol. The number of likely N-dealkylation sites (N-methyl/N-ethyl adjacent to an activating group) is 1. The van der Waals surface area contributed by atoms with Crippen LogP contribution in [0.4, 0.5) is 17.1 Å². The van der Waals surface area contributed by atoms with Gasteiger partial charge < -0.3 is 15.1 Å². The second kappa shape index (κ2) is 8.51. The van der Waals surface area contributed by atoms with Gasteiger partial charge in [0.2, 0.25) is 10.0 Å². The zero-order chi connectivity index (χ0) is 22.2. The molecule has 0 atom stereocenters. The van der Waals surface area contributed by atoms with E-state index in [1.54, 1.807) is 18.2 Å². The van der Waals surface area contributed by atoms with Gasteiger partial charge in [0, 0.05) is 49.7 Å². The zero-order valence-corrected chi connectivity index (χ0v) is 19.2. The van der Waals surface area contributed by atoms with Gasteiger partial charge in [-0.2, -0.15) is 0 Å². The lowest BCUT2D eigenvalue weighted by atomic mass is 10.1. The second-order valence-corrected chi connectivity index (χ2v) is 10.2. The highest BCUT2D eigenvalue weighted by Gasteiger charge is 2.27. The Kier molecular flexibility index (Phi) is 5.94. The van der Waals surface area contributed by atoms with Crippen LogP contribution in [0.2, 0.25) is 0 Å². The summed E-state index contributed by atoms with van der Waals surface area (Å²) >= 11 is 0. The van der Waals surface area contributed by atoms with Gasteiger partial charge in [0.05, 0.1) is 11.9 Å². The normalized spacial score (nSPS) is 17.0. The third kappa shape index (κ3) is 4.55. The van der Waals surface area contributed by atoms with Crippen molar-refractivity contribution in [1.82, 2.24) is 4.90 Å². The number of amides is 1. The number of nitrogens with zero attached hydrogens (tertiary/aromatic N) is 3. The fourth-order valence-corrected chi connectivity index (χ4v) is 5.32. The van der Waals surface area contributed by atoms with Gasteiger partial charge in [-0.05, 0) is 67.4 Å². The molecule has 4 rings (SSSR count). The molecule has 7 nitrogen and oxygen atoms in total. The van der Waals surface area contributed by atoms with Crippen LogP contribution in [0.3, 0.4) is 0 Å². The van der Waals surface area contributed by atoms with Crippen LogP contribution in [0, 0.1) is 6.92 Å². The van der Waals surface area contributed by atoms with Crippen molar-refractivity contribution in [3.8, 4) is 0 Å². The van der Waals surface area contributed by atoms with Gasteiger partial charge in [0.15, 0.2) is 0 Å². The monoisotopic (exact) mass is 442 g/mol. The van der Waals surface area contributed by atoms with E-state index >= 15 is 0 Å². The van der Waals surface area contributed by atoms with E-state index in [2.05, 4.69) is 34.2 Å². The molecule has 2 heterocycles. The summed E-state index contributed by atoms with van der Waals surface area (Å²) in [6.07, 6.45) is 1.82. The number of piperazine rings is 1. The molecular formula is C23H30N4O3S. The average Bonchev–Trinajstić information content (AvgIpc) is 3.19. The molecule has 0 aliphatic carbocycles. The van der Waals surface area contributed by atoms with Gasteiger partial charge in [0.1, 0.15) is 0 Å². The van der Waals surface area contributed by atoms with Crippen LogP contribution in [0.15, 0.2) is 36.4 Å². The maximum Gasteiger partial charge on any atom is 0.255 e. The predicted octanol–water partition coefficient (Wildman–Crippen LogP) is 2.71. The Morgan fingerprint density at radius 3 is 2.42 bits per heavy atom. The van der Waals surface area contributed by atoms with Crippen molar-refractivity contribution in [2.24, 2.45) is 0 Å². The lowest BCUT2D eigenvalue weighted by molar-refractivity contribution is 0.102. The maximum atomic E-state index is 12.8. The van der Waals surface area contributed by atoms with E-state index in [4.69, 9.17) is 0 Å². The molecule has 0 spiro atoms. The molecule has 8 heteroatoms. The molecule has 0 radical (unpaired) electrons. The van der Waals surface area contributed by atoms with E-state index in [9.17, 15) is 13.2 Å². The van der Waals surface area contributed by atoms with Crippen molar-refractivity contribution >= 4 is 33.0 Å². The number of hydrogen-bond acceptors (Lipinski definition) is 5. The lowest BCUT2D eigenvalue weighted by Gasteiger charge is -2.35. The molecule has 166 valence electrons. The highest BCUT2D eigenvalue weighted by atomic mass is 32.2. The number of benzene rings is 2. The summed E-state index contributed by atoms with van der Waals surface area (Å²) in [5.41, 5.74) is 5.09. The quantitative estimate of drug-likeness (QED) is 0.771. The smallest absolute Gasteiger partial charge is 0.255 e. The Morgan fingerprint density at radius 2 is 1.77 bits per heavy atom. The van der Waals surface area contributed by atoms with E-state index < -0.39 is 10.0 Å².